The topological polar surface area (TPSA) is 92.7 Å². The van der Waals surface area contributed by atoms with Gasteiger partial charge in [0.2, 0.25) is 0 Å². The van der Waals surface area contributed by atoms with Crippen LogP contribution in [0.1, 0.15) is 5.56 Å². The maximum absolute atomic E-state index is 11.2. The molecule has 0 fully saturated rings. The van der Waals surface area contributed by atoms with Gasteiger partial charge in [-0.2, -0.15) is 5.26 Å². The minimum absolute atomic E-state index is 0.150. The number of pyridine rings is 2. The first-order chi connectivity index (χ1) is 12.5. The molecule has 2 heterocycles. The number of hydrogen-bond donors (Lipinski definition) is 0. The summed E-state index contributed by atoms with van der Waals surface area (Å²) in [5.74, 6) is 0. The third kappa shape index (κ3) is 3.78. The average Bonchev–Trinajstić information content (AvgIpc) is 2.64. The summed E-state index contributed by atoms with van der Waals surface area (Å²) in [5.41, 5.74) is 1.41. The van der Waals surface area contributed by atoms with Crippen LogP contribution in [0.3, 0.4) is 0 Å². The Morgan fingerprint density at radius 1 is 1.12 bits per heavy atom. The van der Waals surface area contributed by atoms with Crippen molar-refractivity contribution in [1.29, 1.82) is 5.26 Å². The number of hydrogen-bond acceptors (Lipinski definition) is 6. The Morgan fingerprint density at radius 3 is 2.62 bits per heavy atom. The molecule has 128 valence electrons. The Kier molecular flexibility index (Phi) is 5.38. The lowest BCUT2D eigenvalue weighted by atomic mass is 10.1. The van der Waals surface area contributed by atoms with Crippen LogP contribution < -0.4 is 0 Å². The summed E-state index contributed by atoms with van der Waals surface area (Å²) in [6, 6.07) is 13.2. The summed E-state index contributed by atoms with van der Waals surface area (Å²) in [6.45, 7) is 0. The first-order valence-electron chi connectivity index (χ1n) is 7.13. The standard InChI is InChI=1S/C17H8Cl2N4O2S/c18-12-5-3-10(8-13(12)19)14-6-4-11(9-20)16(22-14)26-17-15(23(24)25)2-1-7-21-17/h1-8H. The monoisotopic (exact) mass is 402 g/mol. The van der Waals surface area contributed by atoms with E-state index in [1.165, 1.54) is 18.3 Å². The van der Waals surface area contributed by atoms with E-state index in [1.807, 2.05) is 6.07 Å². The van der Waals surface area contributed by atoms with Crippen LogP contribution in [-0.4, -0.2) is 14.9 Å². The van der Waals surface area contributed by atoms with Gasteiger partial charge in [-0.15, -0.1) is 0 Å². The number of halogens is 2. The molecule has 3 rings (SSSR count). The highest BCUT2D eigenvalue weighted by molar-refractivity contribution is 7.99. The quantitative estimate of drug-likeness (QED) is 0.429. The summed E-state index contributed by atoms with van der Waals surface area (Å²) >= 11 is 12.9. The zero-order valence-corrected chi connectivity index (χ0v) is 15.2. The molecule has 0 atom stereocenters. The van der Waals surface area contributed by atoms with Crippen molar-refractivity contribution in [3.05, 3.63) is 74.4 Å². The molecule has 0 bridgehead atoms. The molecule has 0 spiro atoms. The fraction of sp³-hybridized carbons (Fsp3) is 0. The third-order valence-electron chi connectivity index (χ3n) is 3.34. The van der Waals surface area contributed by atoms with Crippen LogP contribution in [0.4, 0.5) is 5.69 Å². The van der Waals surface area contributed by atoms with E-state index in [9.17, 15) is 15.4 Å². The molecule has 1 aromatic carbocycles. The molecule has 0 N–H and O–H groups in total. The van der Waals surface area contributed by atoms with E-state index in [-0.39, 0.29) is 10.7 Å². The normalized spacial score (nSPS) is 10.3. The van der Waals surface area contributed by atoms with Crippen LogP contribution in [0.15, 0.2) is 58.7 Å². The first-order valence-corrected chi connectivity index (χ1v) is 8.70. The van der Waals surface area contributed by atoms with Gasteiger partial charge in [-0.1, -0.05) is 29.3 Å². The van der Waals surface area contributed by atoms with Gasteiger partial charge in [-0.25, -0.2) is 9.97 Å². The average molecular weight is 403 g/mol. The van der Waals surface area contributed by atoms with Crippen LogP contribution in [0, 0.1) is 21.4 Å². The van der Waals surface area contributed by atoms with Crippen molar-refractivity contribution in [3.8, 4) is 17.3 Å². The molecule has 6 nitrogen and oxygen atoms in total. The Labute approximate surface area is 162 Å². The van der Waals surface area contributed by atoms with Crippen molar-refractivity contribution < 1.29 is 4.92 Å². The lowest BCUT2D eigenvalue weighted by Gasteiger charge is -2.07. The predicted molar refractivity (Wildman–Crippen MR) is 99.4 cm³/mol. The third-order valence-corrected chi connectivity index (χ3v) is 5.09. The van der Waals surface area contributed by atoms with Gasteiger partial charge in [0.25, 0.3) is 0 Å². The minimum Gasteiger partial charge on any atom is -0.258 e. The molecule has 3 aromatic rings. The molecule has 0 saturated heterocycles. The summed E-state index contributed by atoms with van der Waals surface area (Å²) < 4.78 is 0. The Morgan fingerprint density at radius 2 is 1.92 bits per heavy atom. The van der Waals surface area contributed by atoms with Gasteiger partial charge in [-0.3, -0.25) is 10.1 Å². The van der Waals surface area contributed by atoms with Crippen LogP contribution in [0.25, 0.3) is 11.3 Å². The fourth-order valence-electron chi connectivity index (χ4n) is 2.11. The number of benzene rings is 1. The molecule has 26 heavy (non-hydrogen) atoms. The van der Waals surface area contributed by atoms with Gasteiger partial charge in [0, 0.05) is 17.8 Å². The van der Waals surface area contributed by atoms with Gasteiger partial charge in [0.15, 0.2) is 5.03 Å². The van der Waals surface area contributed by atoms with E-state index < -0.39 is 4.92 Å². The molecule has 0 unspecified atom stereocenters. The molecule has 9 heteroatoms. The zero-order valence-electron chi connectivity index (χ0n) is 12.9. The highest BCUT2D eigenvalue weighted by Crippen LogP contribution is 2.35. The van der Waals surface area contributed by atoms with Gasteiger partial charge in [0.1, 0.15) is 11.1 Å². The highest BCUT2D eigenvalue weighted by Gasteiger charge is 2.18. The second-order valence-electron chi connectivity index (χ2n) is 4.98. The number of nitrogens with zero attached hydrogens (tertiary/aromatic N) is 4. The molecule has 0 aliphatic carbocycles. The Balaban J connectivity index is 2.06. The van der Waals surface area contributed by atoms with Gasteiger partial charge in [0.05, 0.1) is 26.2 Å². The molecule has 0 saturated carbocycles. The maximum atomic E-state index is 11.2. The molecule has 2 aromatic heterocycles. The second kappa shape index (κ2) is 7.70. The predicted octanol–water partition coefficient (Wildman–Crippen LogP) is 5.38. The van der Waals surface area contributed by atoms with Crippen LogP contribution in [-0.2, 0) is 0 Å². The summed E-state index contributed by atoms with van der Waals surface area (Å²) in [6.07, 6.45) is 1.45. The van der Waals surface area contributed by atoms with E-state index in [0.29, 0.717) is 31.9 Å². The van der Waals surface area contributed by atoms with E-state index in [2.05, 4.69) is 9.97 Å². The fourth-order valence-corrected chi connectivity index (χ4v) is 3.32. The van der Waals surface area contributed by atoms with E-state index in [0.717, 1.165) is 11.8 Å². The van der Waals surface area contributed by atoms with Crippen LogP contribution in [0.5, 0.6) is 0 Å². The second-order valence-corrected chi connectivity index (χ2v) is 6.77. The molecule has 0 radical (unpaired) electrons. The van der Waals surface area contributed by atoms with Crippen molar-refractivity contribution in [2.45, 2.75) is 10.1 Å². The lowest BCUT2D eigenvalue weighted by Crippen LogP contribution is -1.95. The van der Waals surface area contributed by atoms with Crippen molar-refractivity contribution in [2.75, 3.05) is 0 Å². The zero-order chi connectivity index (χ0) is 18.7. The number of aromatic nitrogens is 2. The SMILES string of the molecule is N#Cc1ccc(-c2ccc(Cl)c(Cl)c2)nc1Sc1ncccc1[N+](=O)[O-]. The van der Waals surface area contributed by atoms with E-state index in [4.69, 9.17) is 23.2 Å². The van der Waals surface area contributed by atoms with Crippen LogP contribution in [0.2, 0.25) is 10.0 Å². The van der Waals surface area contributed by atoms with Gasteiger partial charge < -0.3 is 0 Å². The smallest absolute Gasteiger partial charge is 0.258 e. The van der Waals surface area contributed by atoms with Crippen LogP contribution >= 0.6 is 35.0 Å². The first kappa shape index (κ1) is 18.1. The molecule has 0 aliphatic heterocycles. The molecule has 0 amide bonds. The Bertz CT molecular complexity index is 1050. The number of nitriles is 1. The largest absolute Gasteiger partial charge is 0.301 e. The summed E-state index contributed by atoms with van der Waals surface area (Å²) in [4.78, 5) is 19.1. The number of rotatable bonds is 4. The van der Waals surface area contributed by atoms with E-state index >= 15 is 0 Å². The Hall–Kier alpha value is -2.66. The summed E-state index contributed by atoms with van der Waals surface area (Å²) in [5, 5.41) is 21.8. The van der Waals surface area contributed by atoms with Gasteiger partial charge >= 0.3 is 5.69 Å². The van der Waals surface area contributed by atoms with Crippen molar-refractivity contribution in [3.63, 3.8) is 0 Å². The lowest BCUT2D eigenvalue weighted by molar-refractivity contribution is -0.388. The molecular formula is C17H8Cl2N4O2S. The van der Waals surface area contributed by atoms with Crippen molar-refractivity contribution in [1.82, 2.24) is 9.97 Å². The van der Waals surface area contributed by atoms with Crippen molar-refractivity contribution in [2.24, 2.45) is 0 Å². The molecular weight excluding hydrogens is 395 g/mol. The molecule has 0 aliphatic rings. The minimum atomic E-state index is -0.524. The van der Waals surface area contributed by atoms with E-state index in [1.54, 1.807) is 30.3 Å². The van der Waals surface area contributed by atoms with Crippen molar-refractivity contribution >= 4 is 40.7 Å². The highest BCUT2D eigenvalue weighted by atomic mass is 35.5. The number of nitro groups is 1. The maximum Gasteiger partial charge on any atom is 0.301 e. The summed E-state index contributed by atoms with van der Waals surface area (Å²) in [7, 11) is 0. The van der Waals surface area contributed by atoms with Gasteiger partial charge in [-0.05, 0) is 42.1 Å².